The number of rotatable bonds is 9. The second kappa shape index (κ2) is 18.5. The molecule has 2 amide bonds. The lowest BCUT2D eigenvalue weighted by Crippen LogP contribution is -2.35. The number of amides is 2. The van der Waals surface area contributed by atoms with Crippen LogP contribution in [-0.2, 0) is 9.59 Å². The fraction of sp³-hybridized carbons (Fsp3) is 0.600. The topological polar surface area (TPSA) is 90.5 Å². The molecule has 0 saturated heterocycles. The van der Waals surface area contributed by atoms with Gasteiger partial charge in [-0.1, -0.05) is 96.2 Å². The van der Waals surface area contributed by atoms with Crippen LogP contribution in [0.1, 0.15) is 84.1 Å². The number of pyridine rings is 2. The second-order valence-corrected chi connectivity index (χ2v) is 13.7. The van der Waals surface area contributed by atoms with Crippen molar-refractivity contribution in [2.45, 2.75) is 84.1 Å². The molecule has 0 fully saturated rings. The SMILES string of the molecule is C.C.CC(C)(C)C(=O)Nc1cccc(Br)n1.CCN(CC)P(c1cccc(NC(=O)C(C)(C)C)n1)N(CC)CC. The first-order chi connectivity index (χ1) is 17.7. The minimum Gasteiger partial charge on any atom is -0.310 e. The van der Waals surface area contributed by atoms with Gasteiger partial charge in [-0.15, -0.1) is 0 Å². The van der Waals surface area contributed by atoms with E-state index in [2.05, 4.69) is 74.6 Å². The molecule has 0 aromatic carbocycles. The third-order valence-corrected chi connectivity index (χ3v) is 8.80. The summed E-state index contributed by atoms with van der Waals surface area (Å²) in [5, 5.41) is 5.69. The lowest BCUT2D eigenvalue weighted by molar-refractivity contribution is -0.123. The van der Waals surface area contributed by atoms with E-state index in [1.807, 2.05) is 65.8 Å². The molecule has 0 bridgehead atoms. The van der Waals surface area contributed by atoms with Crippen LogP contribution in [0.15, 0.2) is 41.0 Å². The predicted octanol–water partition coefficient (Wildman–Crippen LogP) is 7.79. The minimum absolute atomic E-state index is 0. The summed E-state index contributed by atoms with van der Waals surface area (Å²) in [5.74, 6) is 1.16. The number of carbonyl (C=O) groups is 2. The van der Waals surface area contributed by atoms with E-state index in [9.17, 15) is 9.59 Å². The summed E-state index contributed by atoms with van der Waals surface area (Å²) in [6.07, 6.45) is 0. The molecule has 0 aliphatic carbocycles. The number of hydrogen-bond acceptors (Lipinski definition) is 6. The van der Waals surface area contributed by atoms with E-state index in [0.717, 1.165) is 31.6 Å². The highest BCUT2D eigenvalue weighted by molar-refractivity contribution is 9.10. The maximum Gasteiger partial charge on any atom is 0.230 e. The summed E-state index contributed by atoms with van der Waals surface area (Å²) in [6, 6.07) is 11.3. The summed E-state index contributed by atoms with van der Waals surface area (Å²) >= 11 is 3.24. The molecule has 0 radical (unpaired) electrons. The monoisotopic (exact) mass is 640 g/mol. The number of halogens is 1. The molecule has 0 atom stereocenters. The van der Waals surface area contributed by atoms with Crippen LogP contribution in [0.3, 0.4) is 0 Å². The number of nitrogens with one attached hydrogen (secondary N) is 2. The zero-order chi connectivity index (χ0) is 29.1. The van der Waals surface area contributed by atoms with Gasteiger partial charge in [-0.2, -0.15) is 0 Å². The Kier molecular flexibility index (Phi) is 18.6. The Morgan fingerprint density at radius 3 is 1.45 bits per heavy atom. The molecule has 40 heavy (non-hydrogen) atoms. The van der Waals surface area contributed by atoms with Crippen molar-refractivity contribution >= 4 is 53.0 Å². The van der Waals surface area contributed by atoms with Gasteiger partial charge < -0.3 is 10.6 Å². The van der Waals surface area contributed by atoms with E-state index < -0.39 is 19.1 Å². The van der Waals surface area contributed by atoms with Crippen LogP contribution >= 0.6 is 24.2 Å². The van der Waals surface area contributed by atoms with Crippen LogP contribution in [0.4, 0.5) is 11.6 Å². The van der Waals surface area contributed by atoms with Gasteiger partial charge >= 0.3 is 0 Å². The normalized spacial score (nSPS) is 11.2. The molecule has 0 saturated carbocycles. The Morgan fingerprint density at radius 2 is 1.10 bits per heavy atom. The van der Waals surface area contributed by atoms with Gasteiger partial charge in [-0.3, -0.25) is 18.9 Å². The van der Waals surface area contributed by atoms with Gasteiger partial charge in [0.2, 0.25) is 11.8 Å². The number of aromatic nitrogens is 2. The highest BCUT2D eigenvalue weighted by Gasteiger charge is 2.26. The molecule has 2 N–H and O–H groups in total. The summed E-state index contributed by atoms with van der Waals surface area (Å²) in [7, 11) is -0.648. The average Bonchev–Trinajstić information content (AvgIpc) is 2.84. The number of carbonyl (C=O) groups excluding carboxylic acids is 2. The standard InChI is InChI=1S/C18H33N4OP.C10H13BrN2O.2CH4/c1-8-21(9-2)24(22(10-3)11-4)16-14-12-13-15(19-16)20-17(23)18(5,6)7;1-10(2,3)9(14)13-8-6-4-5-7(11)12-8;;/h12-14H,8-11H2,1-7H3,(H,19,20,23);4-6H,1-3H3,(H,12,13,14);2*1H4. The smallest absolute Gasteiger partial charge is 0.230 e. The third-order valence-electron chi connectivity index (χ3n) is 5.50. The Labute approximate surface area is 254 Å². The second-order valence-electron chi connectivity index (χ2n) is 10.7. The van der Waals surface area contributed by atoms with Crippen molar-refractivity contribution in [3.63, 3.8) is 0 Å². The Morgan fingerprint density at radius 1 is 0.725 bits per heavy atom. The number of hydrogen-bond donors (Lipinski definition) is 2. The van der Waals surface area contributed by atoms with Crippen LogP contribution < -0.4 is 16.1 Å². The van der Waals surface area contributed by atoms with Crippen molar-refractivity contribution < 1.29 is 9.59 Å². The third kappa shape index (κ3) is 13.2. The molecule has 10 heteroatoms. The van der Waals surface area contributed by atoms with Gasteiger partial charge in [0.1, 0.15) is 16.2 Å². The lowest BCUT2D eigenvalue weighted by Gasteiger charge is -2.37. The molecule has 8 nitrogen and oxygen atoms in total. The van der Waals surface area contributed by atoms with Crippen molar-refractivity contribution in [3.8, 4) is 0 Å². The number of nitrogens with zero attached hydrogens (tertiary/aromatic N) is 4. The summed E-state index contributed by atoms with van der Waals surface area (Å²) < 4.78 is 5.63. The highest BCUT2D eigenvalue weighted by Crippen LogP contribution is 2.42. The van der Waals surface area contributed by atoms with Crippen molar-refractivity contribution in [1.29, 1.82) is 0 Å². The van der Waals surface area contributed by atoms with Gasteiger partial charge in [0.05, 0.1) is 13.7 Å². The van der Waals surface area contributed by atoms with E-state index in [1.54, 1.807) is 6.07 Å². The van der Waals surface area contributed by atoms with Gasteiger partial charge in [-0.25, -0.2) is 9.97 Å². The van der Waals surface area contributed by atoms with Crippen molar-refractivity contribution in [2.75, 3.05) is 36.8 Å². The van der Waals surface area contributed by atoms with Crippen LogP contribution in [0.2, 0.25) is 0 Å². The van der Waals surface area contributed by atoms with E-state index in [0.29, 0.717) is 16.2 Å². The molecule has 0 aliphatic rings. The molecule has 0 aliphatic heterocycles. The van der Waals surface area contributed by atoms with Crippen LogP contribution in [-0.4, -0.2) is 57.3 Å². The van der Waals surface area contributed by atoms with Gasteiger partial charge in [0.25, 0.3) is 0 Å². The Bertz CT molecular complexity index is 1020. The largest absolute Gasteiger partial charge is 0.310 e. The van der Waals surface area contributed by atoms with Crippen molar-refractivity contribution in [3.05, 3.63) is 41.0 Å². The van der Waals surface area contributed by atoms with Crippen LogP contribution in [0, 0.1) is 10.8 Å². The Balaban J connectivity index is 0. The zero-order valence-corrected chi connectivity index (χ0v) is 27.2. The van der Waals surface area contributed by atoms with Crippen molar-refractivity contribution in [2.24, 2.45) is 10.8 Å². The molecule has 2 heterocycles. The first-order valence-electron chi connectivity index (χ1n) is 13.2. The van der Waals surface area contributed by atoms with Gasteiger partial charge in [-0.05, 0) is 40.2 Å². The van der Waals surface area contributed by atoms with E-state index in [4.69, 9.17) is 4.98 Å². The molecule has 2 aromatic heterocycles. The Hall–Kier alpha value is -1.93. The van der Waals surface area contributed by atoms with Crippen LogP contribution in [0.25, 0.3) is 0 Å². The average molecular weight is 642 g/mol. The summed E-state index contributed by atoms with van der Waals surface area (Å²) in [5.41, 5.74) is 0.216. The maximum atomic E-state index is 12.2. The maximum absolute atomic E-state index is 12.2. The van der Waals surface area contributed by atoms with Gasteiger partial charge in [0.15, 0.2) is 0 Å². The quantitative estimate of drug-likeness (QED) is 0.215. The molecular formula is C30H54BrN6O2P. The minimum atomic E-state index is -0.648. The molecular weight excluding hydrogens is 587 g/mol. The predicted molar refractivity (Wildman–Crippen MR) is 178 cm³/mol. The zero-order valence-electron chi connectivity index (χ0n) is 24.7. The highest BCUT2D eigenvalue weighted by atomic mass is 79.9. The summed E-state index contributed by atoms with van der Waals surface area (Å²) in [6.45, 7) is 24.0. The lowest BCUT2D eigenvalue weighted by atomic mass is 9.96. The fourth-order valence-electron chi connectivity index (χ4n) is 3.14. The van der Waals surface area contributed by atoms with E-state index in [1.165, 1.54) is 0 Å². The first-order valence-corrected chi connectivity index (χ1v) is 15.2. The molecule has 2 aromatic rings. The fourth-order valence-corrected chi connectivity index (χ4v) is 5.91. The molecule has 0 unspecified atom stereocenters. The first kappa shape index (κ1) is 40.2. The van der Waals surface area contributed by atoms with E-state index >= 15 is 0 Å². The van der Waals surface area contributed by atoms with Crippen LogP contribution in [0.5, 0.6) is 0 Å². The molecule has 0 spiro atoms. The number of anilines is 2. The van der Waals surface area contributed by atoms with Crippen molar-refractivity contribution in [1.82, 2.24) is 19.3 Å². The van der Waals surface area contributed by atoms with E-state index in [-0.39, 0.29) is 26.7 Å². The molecule has 228 valence electrons. The molecule has 2 rings (SSSR count). The van der Waals surface area contributed by atoms with Gasteiger partial charge in [0, 0.05) is 37.0 Å². The summed E-state index contributed by atoms with van der Waals surface area (Å²) in [4.78, 5) is 32.7.